The fourth-order valence-corrected chi connectivity index (χ4v) is 4.88. The van der Waals surface area contributed by atoms with E-state index in [1.54, 1.807) is 22.5 Å². The summed E-state index contributed by atoms with van der Waals surface area (Å²) in [4.78, 5) is 27.2. The van der Waals surface area contributed by atoms with Crippen molar-refractivity contribution in [1.29, 1.82) is 0 Å². The molecule has 0 radical (unpaired) electrons. The van der Waals surface area contributed by atoms with Crippen LogP contribution in [0.15, 0.2) is 35.8 Å². The molecule has 0 amide bonds. The van der Waals surface area contributed by atoms with Gasteiger partial charge in [-0.3, -0.25) is 4.90 Å². The standard InChI is InChI=1S/C17H21N3S.2C2HF3O2/c1-19(2)17-13-6-4-3-5-12(13)14-9-20(10-15(14)17)11-16-18-7-8-21-16;2*3-2(4,5)1(6)7/h3-8,14-15,17H,9-11H2,1-2H3;2*(H,6,7)/t14-,15-,17-;;/m0../s1. The average molecular weight is 527 g/mol. The van der Waals surface area contributed by atoms with E-state index in [0.29, 0.717) is 12.0 Å². The van der Waals surface area contributed by atoms with Gasteiger partial charge in [0, 0.05) is 36.6 Å². The van der Waals surface area contributed by atoms with Gasteiger partial charge in [-0.25, -0.2) is 14.6 Å². The minimum Gasteiger partial charge on any atom is -0.475 e. The number of benzene rings is 1. The zero-order chi connectivity index (χ0) is 26.6. The highest BCUT2D eigenvalue weighted by Gasteiger charge is 2.46. The Bertz CT molecular complexity index is 974. The number of likely N-dealkylation sites (tertiary alicyclic amines) is 1. The topological polar surface area (TPSA) is 94.0 Å². The molecule has 4 rings (SSSR count). The van der Waals surface area contributed by atoms with Gasteiger partial charge in [0.05, 0.1) is 6.54 Å². The van der Waals surface area contributed by atoms with Crippen molar-refractivity contribution >= 4 is 23.3 Å². The Kier molecular flexibility index (Phi) is 9.25. The van der Waals surface area contributed by atoms with Crippen LogP contribution in [-0.2, 0) is 16.1 Å². The van der Waals surface area contributed by atoms with Gasteiger partial charge in [-0.2, -0.15) is 26.3 Å². The Morgan fingerprint density at radius 3 is 1.97 bits per heavy atom. The van der Waals surface area contributed by atoms with E-state index in [4.69, 9.17) is 19.8 Å². The highest BCUT2D eigenvalue weighted by molar-refractivity contribution is 7.09. The van der Waals surface area contributed by atoms with E-state index in [1.165, 1.54) is 18.1 Å². The normalized spacial score (nSPS) is 21.3. The van der Waals surface area contributed by atoms with Crippen LogP contribution in [0.3, 0.4) is 0 Å². The molecule has 1 aliphatic carbocycles. The number of nitrogens with zero attached hydrogens (tertiary/aromatic N) is 3. The molecule has 7 nitrogen and oxygen atoms in total. The fraction of sp³-hybridized carbons (Fsp3) is 0.476. The first-order valence-electron chi connectivity index (χ1n) is 10.1. The first-order valence-corrected chi connectivity index (χ1v) is 11.0. The molecule has 1 saturated heterocycles. The highest BCUT2D eigenvalue weighted by Crippen LogP contribution is 2.51. The maximum atomic E-state index is 10.6. The van der Waals surface area contributed by atoms with E-state index in [9.17, 15) is 26.3 Å². The number of hydrogen-bond donors (Lipinski definition) is 2. The first-order chi connectivity index (χ1) is 16.1. The van der Waals surface area contributed by atoms with Crippen molar-refractivity contribution in [2.45, 2.75) is 30.9 Å². The van der Waals surface area contributed by atoms with Gasteiger partial charge in [0.1, 0.15) is 5.01 Å². The molecule has 3 atom stereocenters. The van der Waals surface area contributed by atoms with Crippen molar-refractivity contribution < 1.29 is 46.1 Å². The van der Waals surface area contributed by atoms with E-state index in [0.717, 1.165) is 12.5 Å². The van der Waals surface area contributed by atoms with Gasteiger partial charge in [0.15, 0.2) is 0 Å². The van der Waals surface area contributed by atoms with Crippen LogP contribution in [0, 0.1) is 5.92 Å². The van der Waals surface area contributed by atoms with Crippen LogP contribution in [0.4, 0.5) is 26.3 Å². The second-order valence-electron chi connectivity index (χ2n) is 8.03. The Balaban J connectivity index is 0.000000257. The molecule has 0 unspecified atom stereocenters. The number of aliphatic carboxylic acids is 2. The van der Waals surface area contributed by atoms with Crippen molar-refractivity contribution in [1.82, 2.24) is 14.8 Å². The van der Waals surface area contributed by atoms with E-state index in [2.05, 4.69) is 58.5 Å². The predicted octanol–water partition coefficient (Wildman–Crippen LogP) is 4.24. The molecular formula is C21H23F6N3O4S. The number of alkyl halides is 6. The molecular weight excluding hydrogens is 504 g/mol. The third-order valence-electron chi connectivity index (χ3n) is 5.44. The summed E-state index contributed by atoms with van der Waals surface area (Å²) in [6, 6.07) is 9.60. The summed E-state index contributed by atoms with van der Waals surface area (Å²) in [5.41, 5.74) is 3.12. The van der Waals surface area contributed by atoms with Gasteiger partial charge < -0.3 is 15.1 Å². The smallest absolute Gasteiger partial charge is 0.475 e. The second kappa shape index (κ2) is 11.4. The number of halogens is 6. The van der Waals surface area contributed by atoms with Crippen molar-refractivity contribution in [2.75, 3.05) is 27.2 Å². The Hall–Kier alpha value is -2.71. The molecule has 194 valence electrons. The summed E-state index contributed by atoms with van der Waals surface area (Å²) < 4.78 is 63.5. The Labute approximate surface area is 200 Å². The van der Waals surface area contributed by atoms with Gasteiger partial charge in [0.25, 0.3) is 0 Å². The lowest BCUT2D eigenvalue weighted by molar-refractivity contribution is -0.193. The Morgan fingerprint density at radius 2 is 1.54 bits per heavy atom. The lowest BCUT2D eigenvalue weighted by Crippen LogP contribution is -2.28. The lowest BCUT2D eigenvalue weighted by Gasteiger charge is -2.27. The molecule has 2 N–H and O–H groups in total. The van der Waals surface area contributed by atoms with Crippen molar-refractivity contribution in [3.8, 4) is 0 Å². The van der Waals surface area contributed by atoms with E-state index in [1.807, 2.05) is 6.20 Å². The summed E-state index contributed by atoms with van der Waals surface area (Å²) in [7, 11) is 4.43. The Morgan fingerprint density at radius 1 is 1.03 bits per heavy atom. The molecule has 2 heterocycles. The van der Waals surface area contributed by atoms with Crippen LogP contribution in [0.5, 0.6) is 0 Å². The molecule has 0 spiro atoms. The van der Waals surface area contributed by atoms with Gasteiger partial charge in [-0.05, 0) is 31.1 Å². The summed E-state index contributed by atoms with van der Waals surface area (Å²) in [6.45, 7) is 3.36. The van der Waals surface area contributed by atoms with Crippen LogP contribution < -0.4 is 0 Å². The lowest BCUT2D eigenvalue weighted by atomic mass is 9.94. The minimum atomic E-state index is -5.08. The third kappa shape index (κ3) is 7.64. The monoisotopic (exact) mass is 527 g/mol. The number of thiazole rings is 1. The van der Waals surface area contributed by atoms with Crippen LogP contribution in [0.1, 0.15) is 28.1 Å². The minimum absolute atomic E-state index is 0.562. The third-order valence-corrected chi connectivity index (χ3v) is 6.21. The molecule has 1 fully saturated rings. The molecule has 1 aromatic carbocycles. The van der Waals surface area contributed by atoms with Crippen LogP contribution >= 0.6 is 11.3 Å². The van der Waals surface area contributed by atoms with Gasteiger partial charge in [0.2, 0.25) is 0 Å². The first kappa shape index (κ1) is 28.5. The number of carboxylic acid groups (broad SMARTS) is 2. The SMILES string of the molecule is CN(C)[C@H]1c2ccccc2[C@@H]2CN(Cc3nccs3)C[C@@H]21.O=C(O)C(F)(F)F.O=C(O)C(F)(F)F. The summed E-state index contributed by atoms with van der Waals surface area (Å²) in [5.74, 6) is -4.11. The number of fused-ring (bicyclic) bond motifs is 3. The van der Waals surface area contributed by atoms with Crippen LogP contribution in [0.2, 0.25) is 0 Å². The molecule has 0 bridgehead atoms. The van der Waals surface area contributed by atoms with E-state index >= 15 is 0 Å². The predicted molar refractivity (Wildman–Crippen MR) is 114 cm³/mol. The molecule has 1 aliphatic heterocycles. The quantitative estimate of drug-likeness (QED) is 0.577. The van der Waals surface area contributed by atoms with Crippen molar-refractivity contribution in [3.63, 3.8) is 0 Å². The van der Waals surface area contributed by atoms with Gasteiger partial charge in [-0.1, -0.05) is 24.3 Å². The van der Waals surface area contributed by atoms with Crippen LogP contribution in [-0.4, -0.2) is 76.5 Å². The summed E-state index contributed by atoms with van der Waals surface area (Å²) >= 11 is 1.77. The zero-order valence-corrected chi connectivity index (χ0v) is 19.4. The number of aromatic nitrogens is 1. The number of hydrogen-bond acceptors (Lipinski definition) is 6. The summed E-state index contributed by atoms with van der Waals surface area (Å²) in [6.07, 6.45) is -8.26. The second-order valence-corrected chi connectivity index (χ2v) is 9.01. The molecule has 35 heavy (non-hydrogen) atoms. The highest BCUT2D eigenvalue weighted by atomic mass is 32.1. The van der Waals surface area contributed by atoms with E-state index in [-0.39, 0.29) is 0 Å². The molecule has 2 aliphatic rings. The molecule has 1 aromatic heterocycles. The molecule has 14 heteroatoms. The summed E-state index contributed by atoms with van der Waals surface area (Å²) in [5, 5.41) is 17.6. The fourth-order valence-electron chi connectivity index (χ4n) is 4.22. The number of carboxylic acids is 2. The van der Waals surface area contributed by atoms with E-state index < -0.39 is 24.3 Å². The zero-order valence-electron chi connectivity index (χ0n) is 18.5. The van der Waals surface area contributed by atoms with Crippen molar-refractivity contribution in [3.05, 3.63) is 52.0 Å². The van der Waals surface area contributed by atoms with Gasteiger partial charge >= 0.3 is 24.3 Å². The molecule has 2 aromatic rings. The average Bonchev–Trinajstić information content (AvgIpc) is 3.43. The van der Waals surface area contributed by atoms with Crippen molar-refractivity contribution in [2.24, 2.45) is 5.92 Å². The van der Waals surface area contributed by atoms with Crippen LogP contribution in [0.25, 0.3) is 0 Å². The largest absolute Gasteiger partial charge is 0.490 e. The van der Waals surface area contributed by atoms with Gasteiger partial charge in [-0.15, -0.1) is 11.3 Å². The number of carbonyl (C=O) groups is 2. The molecule has 0 saturated carbocycles. The maximum absolute atomic E-state index is 10.6. The maximum Gasteiger partial charge on any atom is 0.490 e. The number of rotatable bonds is 3.